The predicted molar refractivity (Wildman–Crippen MR) is 47.1 cm³/mol. The van der Waals surface area contributed by atoms with Crippen molar-refractivity contribution in [3.63, 3.8) is 0 Å². The molecule has 0 N–H and O–H groups in total. The lowest BCUT2D eigenvalue weighted by molar-refractivity contribution is 0.0119. The van der Waals surface area contributed by atoms with Crippen LogP contribution in [0.5, 0.6) is 0 Å². The van der Waals surface area contributed by atoms with E-state index in [4.69, 9.17) is 0 Å². The lowest BCUT2D eigenvalue weighted by Crippen LogP contribution is -2.28. The second-order valence-corrected chi connectivity index (χ2v) is 3.59. The van der Waals surface area contributed by atoms with Gasteiger partial charge in [-0.2, -0.15) is 5.10 Å². The molecular formula is C9H12F2N3. The number of hydrogen-bond donors (Lipinski definition) is 0. The van der Waals surface area contributed by atoms with Crippen LogP contribution in [-0.4, -0.2) is 40.2 Å². The molecule has 0 atom stereocenters. The van der Waals surface area contributed by atoms with Gasteiger partial charge in [0.15, 0.2) is 0 Å². The monoisotopic (exact) mass is 200 g/mol. The van der Waals surface area contributed by atoms with E-state index in [0.717, 1.165) is 0 Å². The maximum Gasteiger partial charge on any atom is 0.261 e. The van der Waals surface area contributed by atoms with Crippen LogP contribution >= 0.6 is 0 Å². The van der Waals surface area contributed by atoms with Gasteiger partial charge in [0.05, 0.1) is 19.3 Å². The summed E-state index contributed by atoms with van der Waals surface area (Å²) < 4.78 is 27.3. The van der Waals surface area contributed by atoms with Crippen molar-refractivity contribution in [3.05, 3.63) is 18.5 Å². The molecule has 1 aromatic heterocycles. The van der Waals surface area contributed by atoms with Gasteiger partial charge >= 0.3 is 0 Å². The van der Waals surface area contributed by atoms with Crippen molar-refractivity contribution in [1.29, 1.82) is 0 Å². The summed E-state index contributed by atoms with van der Waals surface area (Å²) in [6.45, 7) is 1.65. The van der Waals surface area contributed by atoms with Gasteiger partial charge in [-0.1, -0.05) is 0 Å². The molecule has 0 saturated carbocycles. The van der Waals surface area contributed by atoms with E-state index in [2.05, 4.69) is 11.2 Å². The Kier molecular flexibility index (Phi) is 2.50. The summed E-state index contributed by atoms with van der Waals surface area (Å²) in [7, 11) is 0. The lowest BCUT2D eigenvalue weighted by atomic mass is 10.3. The average molecular weight is 200 g/mol. The van der Waals surface area contributed by atoms with Gasteiger partial charge in [0.1, 0.15) is 0 Å². The van der Waals surface area contributed by atoms with E-state index >= 15 is 0 Å². The summed E-state index contributed by atoms with van der Waals surface area (Å²) in [6.07, 6.45) is 3.27. The Morgan fingerprint density at radius 2 is 2.29 bits per heavy atom. The molecule has 2 rings (SSSR count). The van der Waals surface area contributed by atoms with Crippen molar-refractivity contribution >= 4 is 0 Å². The first kappa shape index (κ1) is 9.58. The van der Waals surface area contributed by atoms with E-state index in [1.54, 1.807) is 22.0 Å². The summed E-state index contributed by atoms with van der Waals surface area (Å²) in [4.78, 5) is 1.77. The molecule has 0 bridgehead atoms. The molecule has 0 unspecified atom stereocenters. The van der Waals surface area contributed by atoms with Gasteiger partial charge in [0, 0.05) is 31.8 Å². The molecule has 1 aromatic rings. The van der Waals surface area contributed by atoms with Gasteiger partial charge in [0.25, 0.3) is 5.92 Å². The van der Waals surface area contributed by atoms with E-state index in [9.17, 15) is 8.78 Å². The van der Waals surface area contributed by atoms with Crippen molar-refractivity contribution in [1.82, 2.24) is 14.7 Å². The van der Waals surface area contributed by atoms with Crippen LogP contribution in [0.15, 0.2) is 12.4 Å². The number of alkyl halides is 2. The van der Waals surface area contributed by atoms with Crippen LogP contribution in [0.3, 0.4) is 0 Å². The van der Waals surface area contributed by atoms with Gasteiger partial charge in [0.2, 0.25) is 0 Å². The van der Waals surface area contributed by atoms with Crippen molar-refractivity contribution in [2.75, 3.05) is 19.6 Å². The molecule has 0 aliphatic carbocycles. The summed E-state index contributed by atoms with van der Waals surface area (Å²) >= 11 is 0. The van der Waals surface area contributed by atoms with Crippen molar-refractivity contribution in [2.24, 2.45) is 0 Å². The summed E-state index contributed by atoms with van der Waals surface area (Å²) in [5.74, 6) is -2.49. The highest BCUT2D eigenvalue weighted by Gasteiger charge is 2.37. The zero-order valence-electron chi connectivity index (χ0n) is 7.79. The highest BCUT2D eigenvalue weighted by atomic mass is 19.3. The van der Waals surface area contributed by atoms with Crippen LogP contribution in [-0.2, 0) is 6.54 Å². The van der Waals surface area contributed by atoms with Crippen LogP contribution in [0.25, 0.3) is 0 Å². The third-order valence-corrected chi connectivity index (χ3v) is 2.40. The molecule has 77 valence electrons. The molecule has 5 heteroatoms. The molecule has 1 aliphatic heterocycles. The first-order valence-electron chi connectivity index (χ1n) is 4.64. The predicted octanol–water partition coefficient (Wildman–Crippen LogP) is 1.02. The summed E-state index contributed by atoms with van der Waals surface area (Å²) in [6, 6.07) is 2.81. The number of halogens is 2. The van der Waals surface area contributed by atoms with Gasteiger partial charge in [-0.15, -0.1) is 0 Å². The largest absolute Gasteiger partial charge is 0.295 e. The summed E-state index contributed by atoms with van der Waals surface area (Å²) in [5.41, 5.74) is 0. The van der Waals surface area contributed by atoms with Gasteiger partial charge in [-0.05, 0) is 0 Å². The maximum absolute atomic E-state index is 12.8. The first-order chi connectivity index (χ1) is 6.66. The second-order valence-electron chi connectivity index (χ2n) is 3.59. The van der Waals surface area contributed by atoms with E-state index < -0.39 is 5.92 Å². The minimum atomic E-state index is -2.49. The van der Waals surface area contributed by atoms with Gasteiger partial charge < -0.3 is 0 Å². The minimum absolute atomic E-state index is 0.0156. The topological polar surface area (TPSA) is 21.1 Å². The quantitative estimate of drug-likeness (QED) is 0.726. The zero-order valence-corrected chi connectivity index (χ0v) is 7.79. The minimum Gasteiger partial charge on any atom is -0.295 e. The number of nitrogens with zero attached hydrogens (tertiary/aromatic N) is 3. The van der Waals surface area contributed by atoms with Crippen LogP contribution in [0, 0.1) is 6.07 Å². The van der Waals surface area contributed by atoms with Crippen LogP contribution in [0.1, 0.15) is 6.42 Å². The SMILES string of the molecule is FC1(F)CCN(CCn2c[c]cn2)C1. The molecule has 3 nitrogen and oxygen atoms in total. The average Bonchev–Trinajstić information content (AvgIpc) is 2.70. The third-order valence-electron chi connectivity index (χ3n) is 2.40. The van der Waals surface area contributed by atoms with E-state index in [1.807, 2.05) is 0 Å². The van der Waals surface area contributed by atoms with Crippen molar-refractivity contribution < 1.29 is 8.78 Å². The van der Waals surface area contributed by atoms with Gasteiger partial charge in [-0.3, -0.25) is 9.58 Å². The second kappa shape index (κ2) is 3.65. The fourth-order valence-corrected chi connectivity index (χ4v) is 1.62. The number of hydrogen-bond acceptors (Lipinski definition) is 2. The first-order valence-corrected chi connectivity index (χ1v) is 4.64. The zero-order chi connectivity index (χ0) is 10.0. The maximum atomic E-state index is 12.8. The Morgan fingerprint density at radius 3 is 2.86 bits per heavy atom. The third kappa shape index (κ3) is 2.29. The highest BCUT2D eigenvalue weighted by Crippen LogP contribution is 2.26. The standard InChI is InChI=1S/C9H12F2N3/c10-9(11)2-5-13(8-9)6-7-14-4-1-3-12-14/h3-4H,2,5-8H2. The number of rotatable bonds is 3. The molecule has 2 heterocycles. The smallest absolute Gasteiger partial charge is 0.261 e. The molecule has 0 spiro atoms. The Labute approximate surface area is 81.3 Å². The van der Waals surface area contributed by atoms with Crippen molar-refractivity contribution in [3.8, 4) is 0 Å². The Balaban J connectivity index is 1.78. The normalized spacial score (nSPS) is 21.6. The van der Waals surface area contributed by atoms with E-state index in [0.29, 0.717) is 19.6 Å². The molecule has 1 fully saturated rings. The molecule has 0 aromatic carbocycles. The fraction of sp³-hybridized carbons (Fsp3) is 0.667. The summed E-state index contributed by atoms with van der Waals surface area (Å²) in [5, 5.41) is 3.96. The Bertz CT molecular complexity index is 284. The van der Waals surface area contributed by atoms with Crippen LogP contribution in [0.4, 0.5) is 8.78 Å². The van der Waals surface area contributed by atoms with Crippen LogP contribution in [0.2, 0.25) is 0 Å². The van der Waals surface area contributed by atoms with E-state index in [-0.39, 0.29) is 13.0 Å². The van der Waals surface area contributed by atoms with Crippen molar-refractivity contribution in [2.45, 2.75) is 18.9 Å². The Hall–Kier alpha value is -0.970. The van der Waals surface area contributed by atoms with E-state index in [1.165, 1.54) is 0 Å². The molecule has 1 radical (unpaired) electrons. The lowest BCUT2D eigenvalue weighted by Gasteiger charge is -2.14. The fourth-order valence-electron chi connectivity index (χ4n) is 1.62. The molecular weight excluding hydrogens is 188 g/mol. The number of aromatic nitrogens is 2. The number of likely N-dealkylation sites (tertiary alicyclic amines) is 1. The van der Waals surface area contributed by atoms with Crippen LogP contribution < -0.4 is 0 Å². The molecule has 14 heavy (non-hydrogen) atoms. The molecule has 1 saturated heterocycles. The molecule has 1 aliphatic rings. The van der Waals surface area contributed by atoms with Gasteiger partial charge in [-0.25, -0.2) is 8.78 Å². The Morgan fingerprint density at radius 1 is 1.43 bits per heavy atom. The highest BCUT2D eigenvalue weighted by molar-refractivity contribution is 4.82. The molecule has 0 amide bonds.